The van der Waals surface area contributed by atoms with Gasteiger partial charge in [-0.25, -0.2) is 0 Å². The third kappa shape index (κ3) is 4.81. The molecule has 3 heteroatoms. The van der Waals surface area contributed by atoms with Crippen LogP contribution in [0, 0.1) is 11.8 Å². The molecule has 1 atom stereocenters. The van der Waals surface area contributed by atoms with Crippen molar-refractivity contribution in [2.75, 3.05) is 0 Å². The molecule has 0 radical (unpaired) electrons. The summed E-state index contributed by atoms with van der Waals surface area (Å²) in [5.74, 6) is 4.95. The van der Waals surface area contributed by atoms with Gasteiger partial charge in [0.1, 0.15) is 12.4 Å². The molecule has 0 fully saturated rings. The molecule has 3 rings (SSSR count). The quantitative estimate of drug-likeness (QED) is 0.558. The van der Waals surface area contributed by atoms with E-state index in [1.807, 2.05) is 78.9 Å². The van der Waals surface area contributed by atoms with Crippen LogP contribution in [-0.2, 0) is 11.4 Å². The van der Waals surface area contributed by atoms with Gasteiger partial charge in [0, 0.05) is 12.0 Å². The standard InChI is InChI=1S/C25H22O3/c1-2-3-11-23(25(26)27)21-16-14-20(15-17-21)22-12-7-8-13-24(22)28-18-19-9-5-4-6-10-19/h4-10,12-17,23H,11,18H2,1H3,(H,26,27). The molecule has 1 N–H and O–H groups in total. The van der Waals surface area contributed by atoms with E-state index in [1.54, 1.807) is 6.92 Å². The van der Waals surface area contributed by atoms with Crippen molar-refractivity contribution in [2.24, 2.45) is 0 Å². The number of carboxylic acid groups (broad SMARTS) is 1. The first-order valence-electron chi connectivity index (χ1n) is 9.17. The Morgan fingerprint density at radius 3 is 2.32 bits per heavy atom. The Balaban J connectivity index is 1.81. The van der Waals surface area contributed by atoms with Gasteiger partial charge in [-0.1, -0.05) is 72.8 Å². The molecule has 3 aromatic rings. The van der Waals surface area contributed by atoms with Crippen LogP contribution < -0.4 is 4.74 Å². The number of aliphatic carboxylic acids is 1. The molecule has 3 aromatic carbocycles. The Morgan fingerprint density at radius 1 is 0.964 bits per heavy atom. The fourth-order valence-electron chi connectivity index (χ4n) is 3.01. The van der Waals surface area contributed by atoms with Crippen LogP contribution in [0.25, 0.3) is 11.1 Å². The number of hydrogen-bond donors (Lipinski definition) is 1. The zero-order valence-electron chi connectivity index (χ0n) is 15.8. The second kappa shape index (κ2) is 9.43. The molecule has 0 aliphatic carbocycles. The largest absolute Gasteiger partial charge is 0.488 e. The normalized spacial score (nSPS) is 11.2. The second-order valence-electron chi connectivity index (χ2n) is 6.41. The highest BCUT2D eigenvalue weighted by Gasteiger charge is 2.19. The molecule has 0 heterocycles. The van der Waals surface area contributed by atoms with Gasteiger partial charge in [-0.15, -0.1) is 11.8 Å². The van der Waals surface area contributed by atoms with Gasteiger partial charge < -0.3 is 9.84 Å². The molecule has 3 nitrogen and oxygen atoms in total. The summed E-state index contributed by atoms with van der Waals surface area (Å²) in [5, 5.41) is 9.47. The van der Waals surface area contributed by atoms with Crippen molar-refractivity contribution >= 4 is 5.97 Å². The summed E-state index contributed by atoms with van der Waals surface area (Å²) < 4.78 is 6.03. The number of ether oxygens (including phenoxy) is 1. The lowest BCUT2D eigenvalue weighted by Gasteiger charge is -2.14. The smallest absolute Gasteiger partial charge is 0.311 e. The highest BCUT2D eigenvalue weighted by molar-refractivity contribution is 5.77. The fraction of sp³-hybridized carbons (Fsp3) is 0.160. The van der Waals surface area contributed by atoms with Crippen LogP contribution in [0.4, 0.5) is 0 Å². The van der Waals surface area contributed by atoms with E-state index in [0.717, 1.165) is 28.0 Å². The van der Waals surface area contributed by atoms with Crippen LogP contribution >= 0.6 is 0 Å². The highest BCUT2D eigenvalue weighted by Crippen LogP contribution is 2.32. The summed E-state index contributed by atoms with van der Waals surface area (Å²) in [6.45, 7) is 2.21. The first-order valence-corrected chi connectivity index (χ1v) is 9.17. The molecular formula is C25H22O3. The van der Waals surface area contributed by atoms with Crippen molar-refractivity contribution < 1.29 is 14.6 Å². The average Bonchev–Trinajstić information content (AvgIpc) is 2.74. The van der Waals surface area contributed by atoms with Gasteiger partial charge in [0.25, 0.3) is 0 Å². The maximum absolute atomic E-state index is 11.5. The van der Waals surface area contributed by atoms with Crippen LogP contribution in [0.5, 0.6) is 5.75 Å². The third-order valence-corrected chi connectivity index (χ3v) is 4.53. The van der Waals surface area contributed by atoms with Crippen LogP contribution in [0.3, 0.4) is 0 Å². The summed E-state index contributed by atoms with van der Waals surface area (Å²) in [7, 11) is 0. The first-order chi connectivity index (χ1) is 13.7. The molecule has 0 bridgehead atoms. The number of hydrogen-bond acceptors (Lipinski definition) is 2. The Hall–Kier alpha value is -3.51. The van der Waals surface area contributed by atoms with Gasteiger partial charge in [-0.2, -0.15) is 0 Å². The van der Waals surface area contributed by atoms with Crippen molar-refractivity contribution in [1.29, 1.82) is 0 Å². The van der Waals surface area contributed by atoms with E-state index in [0.29, 0.717) is 13.0 Å². The summed E-state index contributed by atoms with van der Waals surface area (Å²) in [6, 6.07) is 25.5. The number of carboxylic acids is 1. The van der Waals surface area contributed by atoms with Crippen molar-refractivity contribution in [3.8, 4) is 28.7 Å². The molecule has 28 heavy (non-hydrogen) atoms. The number of para-hydroxylation sites is 1. The number of benzene rings is 3. The van der Waals surface area contributed by atoms with E-state index in [4.69, 9.17) is 4.74 Å². The zero-order chi connectivity index (χ0) is 19.8. The minimum Gasteiger partial charge on any atom is -0.488 e. The maximum Gasteiger partial charge on any atom is 0.311 e. The first kappa shape index (κ1) is 19.3. The van der Waals surface area contributed by atoms with Gasteiger partial charge in [-0.05, 0) is 29.7 Å². The highest BCUT2D eigenvalue weighted by atomic mass is 16.5. The van der Waals surface area contributed by atoms with E-state index < -0.39 is 11.9 Å². The molecule has 0 saturated carbocycles. The Kier molecular flexibility index (Phi) is 6.49. The Morgan fingerprint density at radius 2 is 1.64 bits per heavy atom. The summed E-state index contributed by atoms with van der Waals surface area (Å²) in [6.07, 6.45) is 0.307. The molecule has 0 aliphatic heterocycles. The topological polar surface area (TPSA) is 46.5 Å². The summed E-state index contributed by atoms with van der Waals surface area (Å²) in [5.41, 5.74) is 3.82. The van der Waals surface area contributed by atoms with Gasteiger partial charge in [0.15, 0.2) is 0 Å². The van der Waals surface area contributed by atoms with Gasteiger partial charge in [0.2, 0.25) is 0 Å². The van der Waals surface area contributed by atoms with Crippen molar-refractivity contribution in [2.45, 2.75) is 25.9 Å². The predicted octanol–water partition coefficient (Wildman–Crippen LogP) is 5.51. The molecule has 0 amide bonds. The fourth-order valence-corrected chi connectivity index (χ4v) is 3.01. The average molecular weight is 370 g/mol. The number of rotatable bonds is 7. The molecule has 0 spiro atoms. The lowest BCUT2D eigenvalue weighted by atomic mass is 9.94. The monoisotopic (exact) mass is 370 g/mol. The van der Waals surface area contributed by atoms with Crippen LogP contribution in [0.2, 0.25) is 0 Å². The minimum absolute atomic E-state index is 0.307. The van der Waals surface area contributed by atoms with Crippen molar-refractivity contribution in [3.05, 3.63) is 90.0 Å². The second-order valence-corrected chi connectivity index (χ2v) is 6.41. The molecule has 0 saturated heterocycles. The van der Waals surface area contributed by atoms with Gasteiger partial charge in [-0.3, -0.25) is 4.79 Å². The lowest BCUT2D eigenvalue weighted by molar-refractivity contribution is -0.138. The number of carbonyl (C=O) groups is 1. The molecule has 140 valence electrons. The van der Waals surface area contributed by atoms with E-state index in [1.165, 1.54) is 0 Å². The van der Waals surface area contributed by atoms with E-state index in [2.05, 4.69) is 11.8 Å². The molecular weight excluding hydrogens is 348 g/mol. The Labute approximate surface area is 165 Å². The zero-order valence-corrected chi connectivity index (χ0v) is 15.8. The third-order valence-electron chi connectivity index (χ3n) is 4.53. The maximum atomic E-state index is 11.5. The lowest BCUT2D eigenvalue weighted by Crippen LogP contribution is -2.10. The Bertz CT molecular complexity index is 980. The van der Waals surface area contributed by atoms with E-state index in [9.17, 15) is 9.90 Å². The van der Waals surface area contributed by atoms with Crippen molar-refractivity contribution in [3.63, 3.8) is 0 Å². The molecule has 1 unspecified atom stereocenters. The predicted molar refractivity (Wildman–Crippen MR) is 111 cm³/mol. The van der Waals surface area contributed by atoms with Gasteiger partial charge >= 0.3 is 5.97 Å². The molecule has 0 aromatic heterocycles. The SMILES string of the molecule is CC#CCC(C(=O)O)c1ccc(-c2ccccc2OCc2ccccc2)cc1. The van der Waals surface area contributed by atoms with Gasteiger partial charge in [0.05, 0.1) is 5.92 Å². The van der Waals surface area contributed by atoms with E-state index >= 15 is 0 Å². The molecule has 0 aliphatic rings. The van der Waals surface area contributed by atoms with Crippen molar-refractivity contribution in [1.82, 2.24) is 0 Å². The summed E-state index contributed by atoms with van der Waals surface area (Å²) in [4.78, 5) is 11.5. The van der Waals surface area contributed by atoms with Crippen LogP contribution in [0.1, 0.15) is 30.4 Å². The van der Waals surface area contributed by atoms with Crippen LogP contribution in [-0.4, -0.2) is 11.1 Å². The van der Waals surface area contributed by atoms with E-state index in [-0.39, 0.29) is 0 Å². The minimum atomic E-state index is -0.859. The van der Waals surface area contributed by atoms with Crippen LogP contribution in [0.15, 0.2) is 78.9 Å². The summed E-state index contributed by atoms with van der Waals surface area (Å²) >= 11 is 0.